The van der Waals surface area contributed by atoms with Crippen LogP contribution in [-0.4, -0.2) is 75.6 Å². The molecule has 0 aromatic carbocycles. The van der Waals surface area contributed by atoms with Crippen LogP contribution in [-0.2, 0) is 27.9 Å². The molecule has 64 heavy (non-hydrogen) atoms. The Morgan fingerprint density at radius 1 is 0.500 bits per heavy atom. The molecule has 0 saturated heterocycles. The van der Waals surface area contributed by atoms with Crippen molar-refractivity contribution in [1.29, 1.82) is 0 Å². The number of phosphoric ester groups is 1. The number of ether oxygens (including phenoxy) is 2. The quantitative estimate of drug-likeness (QED) is 0.0214. The predicted molar refractivity (Wildman–Crippen MR) is 275 cm³/mol. The highest BCUT2D eigenvalue weighted by atomic mass is 31.2. The molecule has 0 rings (SSSR count). The van der Waals surface area contributed by atoms with Gasteiger partial charge in [-0.3, -0.25) is 13.8 Å². The lowest BCUT2D eigenvalue weighted by atomic mass is 10.0. The highest BCUT2D eigenvalue weighted by Gasteiger charge is 2.26. The first-order valence-corrected chi connectivity index (χ1v) is 28.4. The molecule has 0 amide bonds. The zero-order valence-electron chi connectivity index (χ0n) is 42.8. The van der Waals surface area contributed by atoms with Gasteiger partial charge in [0.05, 0.1) is 34.4 Å². The molecule has 0 aromatic heterocycles. The molecule has 0 spiro atoms. The van der Waals surface area contributed by atoms with Gasteiger partial charge in [0.1, 0.15) is 19.3 Å². The molecule has 376 valence electrons. The summed E-state index contributed by atoms with van der Waals surface area (Å²) in [6.45, 7) is 5.54. The van der Waals surface area contributed by atoms with Crippen LogP contribution in [0.4, 0.5) is 0 Å². The summed E-state index contributed by atoms with van der Waals surface area (Å²) in [5.41, 5.74) is 0. The number of phosphoric acid groups is 1. The van der Waals surface area contributed by atoms with E-state index in [1.165, 1.54) is 154 Å². The van der Waals surface area contributed by atoms with Crippen LogP contribution < -0.4 is 0 Å². The Balaban J connectivity index is 4.11. The van der Waals surface area contributed by atoms with Crippen molar-refractivity contribution in [2.24, 2.45) is 0 Å². The van der Waals surface area contributed by atoms with Crippen molar-refractivity contribution in [2.45, 2.75) is 245 Å². The van der Waals surface area contributed by atoms with Crippen molar-refractivity contribution in [2.75, 3.05) is 54.1 Å². The first-order chi connectivity index (χ1) is 31.1. The Bertz CT molecular complexity index is 1160. The largest absolute Gasteiger partial charge is 0.472 e. The van der Waals surface area contributed by atoms with Gasteiger partial charge in [-0.05, 0) is 51.4 Å². The van der Waals surface area contributed by atoms with E-state index >= 15 is 0 Å². The summed E-state index contributed by atoms with van der Waals surface area (Å²) in [5, 5.41) is 0. The van der Waals surface area contributed by atoms with Crippen molar-refractivity contribution in [3.05, 3.63) is 48.6 Å². The van der Waals surface area contributed by atoms with Crippen molar-refractivity contribution in [3.63, 3.8) is 0 Å². The summed E-state index contributed by atoms with van der Waals surface area (Å²) in [6.07, 6.45) is 60.2. The van der Waals surface area contributed by atoms with Crippen LogP contribution in [0.5, 0.6) is 0 Å². The molecule has 2 unspecified atom stereocenters. The van der Waals surface area contributed by atoms with Gasteiger partial charge in [0.25, 0.3) is 0 Å². The number of esters is 1. The van der Waals surface area contributed by atoms with Crippen molar-refractivity contribution in [1.82, 2.24) is 0 Å². The van der Waals surface area contributed by atoms with Crippen LogP contribution in [0.25, 0.3) is 0 Å². The normalized spacial score (nSPS) is 13.9. The van der Waals surface area contributed by atoms with Crippen LogP contribution in [0.1, 0.15) is 239 Å². The lowest BCUT2D eigenvalue weighted by molar-refractivity contribution is -0.870. The topological polar surface area (TPSA) is 91.3 Å². The molecule has 2 atom stereocenters. The number of hydrogen-bond donors (Lipinski definition) is 1. The molecule has 9 heteroatoms. The maximum atomic E-state index is 12.8. The van der Waals surface area contributed by atoms with E-state index in [1.807, 2.05) is 21.1 Å². The molecule has 8 nitrogen and oxygen atoms in total. The number of carbonyl (C=O) groups is 1. The SMILES string of the molecule is CC/C=C\C/C=C\C/C=C\C/C=C\CCCCCCCCCCC(=O)OC(COCCCCCCCCCCCCCCCCCCCCCCC)COP(=O)(O)OCC[N+](C)(C)C. The smallest absolute Gasteiger partial charge is 0.457 e. The molecule has 0 aliphatic rings. The van der Waals surface area contributed by atoms with E-state index in [2.05, 4.69) is 62.5 Å². The zero-order chi connectivity index (χ0) is 46.9. The fourth-order valence-corrected chi connectivity index (χ4v) is 8.29. The molecule has 0 aromatic rings. The maximum absolute atomic E-state index is 12.8. The van der Waals surface area contributed by atoms with Crippen molar-refractivity contribution >= 4 is 13.8 Å². The van der Waals surface area contributed by atoms with Crippen LogP contribution in [0, 0.1) is 0 Å². The number of quaternary nitrogens is 1. The second-order valence-corrected chi connectivity index (χ2v) is 20.7. The summed E-state index contributed by atoms with van der Waals surface area (Å²) in [4.78, 5) is 23.0. The number of unbranched alkanes of at least 4 members (excludes halogenated alkanes) is 28. The van der Waals surface area contributed by atoms with Gasteiger partial charge in [-0.1, -0.05) is 229 Å². The Morgan fingerprint density at radius 3 is 1.36 bits per heavy atom. The van der Waals surface area contributed by atoms with Crippen LogP contribution in [0.15, 0.2) is 48.6 Å². The minimum Gasteiger partial charge on any atom is -0.457 e. The maximum Gasteiger partial charge on any atom is 0.472 e. The molecule has 0 saturated carbocycles. The summed E-state index contributed by atoms with van der Waals surface area (Å²) in [6, 6.07) is 0. The van der Waals surface area contributed by atoms with Gasteiger partial charge >= 0.3 is 13.8 Å². The van der Waals surface area contributed by atoms with Crippen LogP contribution in [0.3, 0.4) is 0 Å². The lowest BCUT2D eigenvalue weighted by Gasteiger charge is -2.24. The highest BCUT2D eigenvalue weighted by Crippen LogP contribution is 2.43. The second-order valence-electron chi connectivity index (χ2n) is 19.2. The Labute approximate surface area is 397 Å². The second kappa shape index (κ2) is 47.9. The molecular weight excluding hydrogens is 818 g/mol. The highest BCUT2D eigenvalue weighted by molar-refractivity contribution is 7.47. The minimum atomic E-state index is -4.28. The Morgan fingerprint density at radius 2 is 0.906 bits per heavy atom. The number of hydrogen-bond acceptors (Lipinski definition) is 6. The summed E-state index contributed by atoms with van der Waals surface area (Å²) >= 11 is 0. The van der Waals surface area contributed by atoms with E-state index in [1.54, 1.807) is 0 Å². The summed E-state index contributed by atoms with van der Waals surface area (Å²) in [5.74, 6) is -0.319. The number of carbonyl (C=O) groups excluding carboxylic acids is 1. The van der Waals surface area contributed by atoms with E-state index in [0.717, 1.165) is 64.2 Å². The number of rotatable bonds is 50. The van der Waals surface area contributed by atoms with Gasteiger partial charge in [0, 0.05) is 13.0 Å². The summed E-state index contributed by atoms with van der Waals surface area (Å²) < 4.78 is 35.2. The van der Waals surface area contributed by atoms with Gasteiger partial charge in [-0.15, -0.1) is 0 Å². The first kappa shape index (κ1) is 62.5. The monoisotopic (exact) mass is 923 g/mol. The van der Waals surface area contributed by atoms with Crippen LogP contribution in [0.2, 0.25) is 0 Å². The molecule has 0 aliphatic carbocycles. The number of nitrogens with zero attached hydrogens (tertiary/aromatic N) is 1. The third kappa shape index (κ3) is 51.4. The molecule has 0 heterocycles. The Kier molecular flexibility index (Phi) is 46.8. The summed E-state index contributed by atoms with van der Waals surface area (Å²) in [7, 11) is 1.67. The van der Waals surface area contributed by atoms with Gasteiger partial charge in [-0.2, -0.15) is 0 Å². The number of likely N-dealkylation sites (N-methyl/N-ethyl adjacent to an activating group) is 1. The van der Waals surface area contributed by atoms with E-state index in [4.69, 9.17) is 18.5 Å². The third-order valence-corrected chi connectivity index (χ3v) is 12.6. The van der Waals surface area contributed by atoms with E-state index < -0.39 is 13.9 Å². The molecule has 0 radical (unpaired) electrons. The van der Waals surface area contributed by atoms with Crippen LogP contribution >= 0.6 is 7.82 Å². The van der Waals surface area contributed by atoms with Gasteiger partial charge < -0.3 is 18.9 Å². The molecule has 1 N–H and O–H groups in total. The molecule has 0 bridgehead atoms. The van der Waals surface area contributed by atoms with E-state index in [-0.39, 0.29) is 25.8 Å². The van der Waals surface area contributed by atoms with Gasteiger partial charge in [0.15, 0.2) is 0 Å². The van der Waals surface area contributed by atoms with E-state index in [0.29, 0.717) is 24.1 Å². The van der Waals surface area contributed by atoms with Gasteiger partial charge in [0.2, 0.25) is 0 Å². The Hall–Kier alpha value is -1.54. The average Bonchev–Trinajstić information content (AvgIpc) is 3.25. The fraction of sp³-hybridized carbons (Fsp3) is 0.836. The molecule has 0 aliphatic heterocycles. The van der Waals surface area contributed by atoms with Crippen molar-refractivity contribution in [3.8, 4) is 0 Å². The molecule has 0 fully saturated rings. The average molecular weight is 923 g/mol. The molecular formula is C55H105NO7P+. The predicted octanol–water partition coefficient (Wildman–Crippen LogP) is 16.7. The standard InChI is InChI=1S/C55H104NO7P/c1-6-8-10-12-14-16-18-20-22-24-26-28-30-32-34-36-38-40-42-44-46-48-55(57)63-54(53-62-64(58,59)61-51-49-56(3,4)5)52-60-50-47-45-43-41-39-37-35-33-31-29-27-25-23-21-19-17-15-13-11-9-7-2/h8,10,14,16,20,22,26,28,54H,6-7,9,11-13,15,17-19,21,23-25,27,29-53H2,1-5H3/p+1/b10-8-,16-14-,22-20-,28-26-. The van der Waals surface area contributed by atoms with E-state index in [9.17, 15) is 14.3 Å². The zero-order valence-corrected chi connectivity index (χ0v) is 43.7. The first-order valence-electron chi connectivity index (χ1n) is 26.9. The lowest BCUT2D eigenvalue weighted by Crippen LogP contribution is -2.37. The van der Waals surface area contributed by atoms with Crippen molar-refractivity contribution < 1.29 is 37.3 Å². The minimum absolute atomic E-state index is 0.0870. The fourth-order valence-electron chi connectivity index (χ4n) is 7.55. The third-order valence-electron chi connectivity index (χ3n) is 11.7. The van der Waals surface area contributed by atoms with Gasteiger partial charge in [-0.25, -0.2) is 4.57 Å². The number of allylic oxidation sites excluding steroid dienone is 8.